The molecule has 0 bridgehead atoms. The second-order valence-electron chi connectivity index (χ2n) is 2.98. The van der Waals surface area contributed by atoms with Gasteiger partial charge in [-0.05, 0) is 24.3 Å². The monoisotopic (exact) mass is 215 g/mol. The molecule has 1 aromatic heterocycles. The molecule has 0 spiro atoms. The topological polar surface area (TPSA) is 82.0 Å². The van der Waals surface area contributed by atoms with Crippen molar-refractivity contribution in [3.63, 3.8) is 0 Å². The highest BCUT2D eigenvalue weighted by Crippen LogP contribution is 2.08. The summed E-state index contributed by atoms with van der Waals surface area (Å²) in [4.78, 5) is 14.3. The molecular formula is C12H13N3O. The van der Waals surface area contributed by atoms with Crippen LogP contribution in [0.1, 0.15) is 10.4 Å². The molecule has 82 valence electrons. The molecule has 0 fully saturated rings. The summed E-state index contributed by atoms with van der Waals surface area (Å²) in [5.41, 5.74) is 11.2. The Hall–Kier alpha value is -2.36. The highest BCUT2D eigenvalue weighted by atomic mass is 16.1. The first kappa shape index (κ1) is 11.7. The maximum Gasteiger partial charge on any atom is 0.250 e. The fourth-order valence-corrected chi connectivity index (χ4v) is 1.03. The van der Waals surface area contributed by atoms with Gasteiger partial charge in [-0.25, -0.2) is 0 Å². The number of hydrogen-bond donors (Lipinski definition) is 2. The lowest BCUT2D eigenvalue weighted by Crippen LogP contribution is -2.12. The van der Waals surface area contributed by atoms with Crippen molar-refractivity contribution in [3.8, 4) is 0 Å². The minimum Gasteiger partial charge on any atom is -0.398 e. The van der Waals surface area contributed by atoms with E-state index < -0.39 is 5.91 Å². The van der Waals surface area contributed by atoms with Crippen LogP contribution >= 0.6 is 0 Å². The minimum atomic E-state index is -0.488. The number of anilines is 1. The number of pyridine rings is 1. The number of hydrogen-bond acceptors (Lipinski definition) is 3. The zero-order valence-electron chi connectivity index (χ0n) is 8.71. The Labute approximate surface area is 93.9 Å². The van der Waals surface area contributed by atoms with E-state index in [4.69, 9.17) is 11.5 Å². The van der Waals surface area contributed by atoms with Gasteiger partial charge in [-0.1, -0.05) is 18.2 Å². The van der Waals surface area contributed by atoms with E-state index in [9.17, 15) is 4.79 Å². The Balaban J connectivity index is 0.000000181. The molecule has 0 saturated carbocycles. The molecule has 1 heterocycles. The predicted molar refractivity (Wildman–Crippen MR) is 63.6 cm³/mol. The minimum absolute atomic E-state index is 0.377. The van der Waals surface area contributed by atoms with Gasteiger partial charge >= 0.3 is 0 Å². The van der Waals surface area contributed by atoms with Crippen molar-refractivity contribution in [1.82, 2.24) is 4.98 Å². The van der Waals surface area contributed by atoms with Crippen LogP contribution in [0.25, 0.3) is 0 Å². The number of para-hydroxylation sites is 1. The average Bonchev–Trinajstić information content (AvgIpc) is 2.32. The molecule has 0 unspecified atom stereocenters. The van der Waals surface area contributed by atoms with Crippen molar-refractivity contribution in [2.45, 2.75) is 0 Å². The highest BCUT2D eigenvalue weighted by molar-refractivity contribution is 5.97. The molecule has 0 saturated heterocycles. The van der Waals surface area contributed by atoms with Crippen LogP contribution in [0, 0.1) is 0 Å². The second-order valence-corrected chi connectivity index (χ2v) is 2.98. The van der Waals surface area contributed by atoms with Crippen LogP contribution in [0.3, 0.4) is 0 Å². The fourth-order valence-electron chi connectivity index (χ4n) is 1.03. The van der Waals surface area contributed by atoms with Gasteiger partial charge in [-0.15, -0.1) is 0 Å². The lowest BCUT2D eigenvalue weighted by Gasteiger charge is -1.97. The van der Waals surface area contributed by atoms with Gasteiger partial charge < -0.3 is 11.5 Å². The molecule has 1 aromatic carbocycles. The first-order valence-corrected chi connectivity index (χ1v) is 4.71. The van der Waals surface area contributed by atoms with E-state index in [1.807, 2.05) is 18.2 Å². The van der Waals surface area contributed by atoms with Crippen molar-refractivity contribution in [1.29, 1.82) is 0 Å². The number of carbonyl (C=O) groups is 1. The summed E-state index contributed by atoms with van der Waals surface area (Å²) in [6.45, 7) is 0. The third-order valence-electron chi connectivity index (χ3n) is 1.79. The first-order chi connectivity index (χ1) is 7.72. The Kier molecular flexibility index (Phi) is 4.53. The normalized spacial score (nSPS) is 8.75. The van der Waals surface area contributed by atoms with Crippen LogP contribution in [0.15, 0.2) is 54.9 Å². The molecule has 4 N–H and O–H groups in total. The number of nitrogens with zero attached hydrogens (tertiary/aromatic N) is 1. The van der Waals surface area contributed by atoms with Gasteiger partial charge in [-0.3, -0.25) is 9.78 Å². The van der Waals surface area contributed by atoms with Crippen LogP contribution in [-0.2, 0) is 0 Å². The van der Waals surface area contributed by atoms with Crippen LogP contribution in [-0.4, -0.2) is 10.9 Å². The summed E-state index contributed by atoms with van der Waals surface area (Å²) in [6.07, 6.45) is 3.50. The van der Waals surface area contributed by atoms with Gasteiger partial charge in [0.25, 0.3) is 5.91 Å². The summed E-state index contributed by atoms with van der Waals surface area (Å²) in [5.74, 6) is -0.488. The number of rotatable bonds is 1. The number of carbonyl (C=O) groups excluding carboxylic acids is 1. The van der Waals surface area contributed by atoms with E-state index in [0.717, 1.165) is 0 Å². The van der Waals surface area contributed by atoms with Gasteiger partial charge in [0.15, 0.2) is 0 Å². The average molecular weight is 215 g/mol. The molecule has 4 heteroatoms. The van der Waals surface area contributed by atoms with Crippen LogP contribution < -0.4 is 11.5 Å². The maximum atomic E-state index is 10.6. The number of nitrogen functional groups attached to an aromatic ring is 1. The summed E-state index contributed by atoms with van der Waals surface area (Å²) in [6, 6.07) is 12.4. The molecule has 0 aliphatic carbocycles. The maximum absolute atomic E-state index is 10.6. The summed E-state index contributed by atoms with van der Waals surface area (Å²) < 4.78 is 0. The van der Waals surface area contributed by atoms with E-state index >= 15 is 0 Å². The van der Waals surface area contributed by atoms with Crippen molar-refractivity contribution >= 4 is 11.6 Å². The largest absolute Gasteiger partial charge is 0.398 e. The number of benzene rings is 1. The van der Waals surface area contributed by atoms with Crippen molar-refractivity contribution in [2.24, 2.45) is 5.73 Å². The van der Waals surface area contributed by atoms with Crippen LogP contribution in [0.2, 0.25) is 0 Å². The van der Waals surface area contributed by atoms with E-state index in [1.54, 1.807) is 36.7 Å². The molecule has 16 heavy (non-hydrogen) atoms. The number of primary amides is 1. The van der Waals surface area contributed by atoms with E-state index in [1.165, 1.54) is 0 Å². The lowest BCUT2D eigenvalue weighted by molar-refractivity contribution is 0.100. The van der Waals surface area contributed by atoms with Crippen LogP contribution in [0.5, 0.6) is 0 Å². The molecular weight excluding hydrogens is 202 g/mol. The zero-order valence-corrected chi connectivity index (χ0v) is 8.71. The van der Waals surface area contributed by atoms with Crippen molar-refractivity contribution in [3.05, 3.63) is 60.4 Å². The van der Waals surface area contributed by atoms with Crippen molar-refractivity contribution in [2.75, 3.05) is 5.73 Å². The highest BCUT2D eigenvalue weighted by Gasteiger charge is 2.01. The SMILES string of the molecule is NC(=O)c1ccccc1N.c1ccncc1. The lowest BCUT2D eigenvalue weighted by atomic mass is 10.2. The molecule has 2 rings (SSSR count). The van der Waals surface area contributed by atoms with Crippen LogP contribution in [0.4, 0.5) is 5.69 Å². The Morgan fingerprint density at radius 1 is 1.00 bits per heavy atom. The third kappa shape index (κ3) is 3.79. The molecule has 1 amide bonds. The van der Waals surface area contributed by atoms with Gasteiger partial charge in [-0.2, -0.15) is 0 Å². The van der Waals surface area contributed by atoms with Gasteiger partial charge in [0, 0.05) is 18.1 Å². The third-order valence-corrected chi connectivity index (χ3v) is 1.79. The molecule has 0 atom stereocenters. The number of amides is 1. The van der Waals surface area contributed by atoms with Gasteiger partial charge in [0.1, 0.15) is 0 Å². The molecule has 0 radical (unpaired) electrons. The summed E-state index contributed by atoms with van der Waals surface area (Å²) in [7, 11) is 0. The molecule has 0 aliphatic rings. The summed E-state index contributed by atoms with van der Waals surface area (Å²) >= 11 is 0. The Morgan fingerprint density at radius 2 is 1.62 bits per heavy atom. The van der Waals surface area contributed by atoms with E-state index in [-0.39, 0.29) is 0 Å². The fraction of sp³-hybridized carbons (Fsp3) is 0. The molecule has 4 nitrogen and oxygen atoms in total. The predicted octanol–water partition coefficient (Wildman–Crippen LogP) is 1.45. The number of nitrogens with two attached hydrogens (primary N) is 2. The first-order valence-electron chi connectivity index (χ1n) is 4.71. The smallest absolute Gasteiger partial charge is 0.250 e. The van der Waals surface area contributed by atoms with Gasteiger partial charge in [0.05, 0.1) is 5.56 Å². The molecule has 2 aromatic rings. The quantitative estimate of drug-likeness (QED) is 0.706. The molecule has 0 aliphatic heterocycles. The number of aromatic nitrogens is 1. The standard InChI is InChI=1S/C7H8N2O.C5H5N/c8-6-4-2-1-3-5(6)7(9)10;1-2-4-6-5-3-1/h1-4H,8H2,(H2,9,10);1-5H. The van der Waals surface area contributed by atoms with Gasteiger partial charge in [0.2, 0.25) is 0 Å². The second kappa shape index (κ2) is 6.19. The zero-order chi connectivity index (χ0) is 11.8. The Bertz CT molecular complexity index is 416. The summed E-state index contributed by atoms with van der Waals surface area (Å²) in [5, 5.41) is 0. The van der Waals surface area contributed by atoms with E-state index in [0.29, 0.717) is 11.3 Å². The Morgan fingerprint density at radius 3 is 1.94 bits per heavy atom. The van der Waals surface area contributed by atoms with Crippen molar-refractivity contribution < 1.29 is 4.79 Å². The van der Waals surface area contributed by atoms with E-state index in [2.05, 4.69) is 4.98 Å².